The molecule has 1 unspecified atom stereocenters. The van der Waals surface area contributed by atoms with Gasteiger partial charge < -0.3 is 4.74 Å². The van der Waals surface area contributed by atoms with Gasteiger partial charge in [-0.3, -0.25) is 4.79 Å². The van der Waals surface area contributed by atoms with Gasteiger partial charge >= 0.3 is 0 Å². The van der Waals surface area contributed by atoms with Crippen LogP contribution in [0.25, 0.3) is 0 Å². The summed E-state index contributed by atoms with van der Waals surface area (Å²) >= 11 is 0. The van der Waals surface area contributed by atoms with Crippen LogP contribution in [0, 0.1) is 5.92 Å². The Labute approximate surface area is 104 Å². The van der Waals surface area contributed by atoms with Gasteiger partial charge in [-0.1, -0.05) is 11.6 Å². The van der Waals surface area contributed by atoms with Crippen molar-refractivity contribution in [3.63, 3.8) is 0 Å². The molecule has 0 radical (unpaired) electrons. The molecule has 0 bridgehead atoms. The van der Waals surface area contributed by atoms with Gasteiger partial charge in [0.1, 0.15) is 0 Å². The van der Waals surface area contributed by atoms with Crippen molar-refractivity contribution >= 4 is 5.78 Å². The third kappa shape index (κ3) is 3.45. The maximum absolute atomic E-state index is 12.0. The van der Waals surface area contributed by atoms with E-state index in [0.717, 1.165) is 25.0 Å². The molecule has 0 spiro atoms. The number of ether oxygens (including phenoxy) is 1. The lowest BCUT2D eigenvalue weighted by Crippen LogP contribution is -2.19. The van der Waals surface area contributed by atoms with Crippen LogP contribution >= 0.6 is 0 Å². The van der Waals surface area contributed by atoms with Crippen LogP contribution in [0.2, 0.25) is 0 Å². The van der Waals surface area contributed by atoms with Gasteiger partial charge in [0.15, 0.2) is 5.78 Å². The van der Waals surface area contributed by atoms with Crippen molar-refractivity contribution in [2.75, 3.05) is 6.61 Å². The smallest absolute Gasteiger partial charge is 0.162 e. The van der Waals surface area contributed by atoms with E-state index in [-0.39, 0.29) is 11.7 Å². The summed E-state index contributed by atoms with van der Waals surface area (Å²) in [7, 11) is 0. The van der Waals surface area contributed by atoms with E-state index in [0.29, 0.717) is 6.61 Å². The lowest BCUT2D eigenvalue weighted by atomic mass is 9.84. The number of hydrogen-bond acceptors (Lipinski definition) is 2. The molecule has 2 aliphatic carbocycles. The maximum Gasteiger partial charge on any atom is 0.162 e. The number of carbonyl (C=O) groups excluding carboxylic acids is 1. The third-order valence-corrected chi connectivity index (χ3v) is 3.67. The molecule has 2 nitrogen and oxygen atoms in total. The predicted octanol–water partition coefficient (Wildman–Crippen LogP) is 3.78. The molecular formula is C15H22O2. The van der Waals surface area contributed by atoms with E-state index in [1.54, 1.807) is 6.08 Å². The standard InChI is InChI=1S/C15H22O2/c1-2-17-14-9-8-13(15(16)11-14)10-12-6-4-3-5-7-12/h6,11,13H,2-5,7-10H2,1H3. The zero-order valence-electron chi connectivity index (χ0n) is 10.7. The van der Waals surface area contributed by atoms with Gasteiger partial charge in [-0.2, -0.15) is 0 Å². The Bertz CT molecular complexity index is 339. The molecule has 0 saturated carbocycles. The minimum absolute atomic E-state index is 0.212. The number of carbonyl (C=O) groups is 1. The zero-order chi connectivity index (χ0) is 12.1. The quantitative estimate of drug-likeness (QED) is 0.692. The fourth-order valence-electron chi connectivity index (χ4n) is 2.72. The molecule has 94 valence electrons. The first-order chi connectivity index (χ1) is 8.29. The maximum atomic E-state index is 12.0. The summed E-state index contributed by atoms with van der Waals surface area (Å²) in [5, 5.41) is 0. The van der Waals surface area contributed by atoms with Gasteiger partial charge in [0.2, 0.25) is 0 Å². The average molecular weight is 234 g/mol. The number of ketones is 1. The van der Waals surface area contributed by atoms with E-state index in [2.05, 4.69) is 6.08 Å². The van der Waals surface area contributed by atoms with Gasteiger partial charge in [0.05, 0.1) is 12.4 Å². The second-order valence-electron chi connectivity index (χ2n) is 4.99. The molecule has 2 heteroatoms. The van der Waals surface area contributed by atoms with Crippen LogP contribution in [-0.4, -0.2) is 12.4 Å². The van der Waals surface area contributed by atoms with E-state index < -0.39 is 0 Å². The van der Waals surface area contributed by atoms with Crippen molar-refractivity contribution in [1.29, 1.82) is 0 Å². The van der Waals surface area contributed by atoms with Gasteiger partial charge in [-0.15, -0.1) is 0 Å². The Kier molecular flexibility index (Phi) is 4.41. The Morgan fingerprint density at radius 3 is 2.88 bits per heavy atom. The lowest BCUT2D eigenvalue weighted by Gasteiger charge is -2.23. The van der Waals surface area contributed by atoms with E-state index in [9.17, 15) is 4.79 Å². The largest absolute Gasteiger partial charge is 0.498 e. The minimum Gasteiger partial charge on any atom is -0.498 e. The molecule has 0 aromatic heterocycles. The fraction of sp³-hybridized carbons (Fsp3) is 0.667. The van der Waals surface area contributed by atoms with Crippen LogP contribution < -0.4 is 0 Å². The molecule has 2 rings (SSSR count). The summed E-state index contributed by atoms with van der Waals surface area (Å²) in [6, 6.07) is 0. The van der Waals surface area contributed by atoms with Gasteiger partial charge in [-0.25, -0.2) is 0 Å². The molecule has 0 N–H and O–H groups in total. The molecule has 17 heavy (non-hydrogen) atoms. The highest BCUT2D eigenvalue weighted by atomic mass is 16.5. The summed E-state index contributed by atoms with van der Waals surface area (Å²) in [6.45, 7) is 2.62. The predicted molar refractivity (Wildman–Crippen MR) is 68.6 cm³/mol. The summed E-state index contributed by atoms with van der Waals surface area (Å²) in [6.07, 6.45) is 12.0. The van der Waals surface area contributed by atoms with Crippen molar-refractivity contribution in [3.8, 4) is 0 Å². The number of allylic oxidation sites excluding steroid dienone is 4. The highest BCUT2D eigenvalue weighted by Crippen LogP contribution is 2.30. The highest BCUT2D eigenvalue weighted by Gasteiger charge is 2.24. The van der Waals surface area contributed by atoms with E-state index in [4.69, 9.17) is 4.74 Å². The van der Waals surface area contributed by atoms with Crippen LogP contribution in [0.1, 0.15) is 51.9 Å². The Hall–Kier alpha value is -1.05. The third-order valence-electron chi connectivity index (χ3n) is 3.67. The van der Waals surface area contributed by atoms with Gasteiger partial charge in [0, 0.05) is 18.4 Å². The summed E-state index contributed by atoms with van der Waals surface area (Å²) < 4.78 is 5.42. The molecule has 0 saturated heterocycles. The zero-order valence-corrected chi connectivity index (χ0v) is 10.7. The number of hydrogen-bond donors (Lipinski definition) is 0. The minimum atomic E-state index is 0.212. The summed E-state index contributed by atoms with van der Waals surface area (Å²) in [5.41, 5.74) is 1.50. The highest BCUT2D eigenvalue weighted by molar-refractivity contribution is 5.93. The first kappa shape index (κ1) is 12.4. The first-order valence-corrected chi connectivity index (χ1v) is 6.84. The molecule has 1 atom stereocenters. The van der Waals surface area contributed by atoms with Crippen LogP contribution in [0.4, 0.5) is 0 Å². The van der Waals surface area contributed by atoms with Crippen molar-refractivity contribution in [2.45, 2.75) is 51.9 Å². The SMILES string of the molecule is CCOC1=CC(=O)C(CC2=CCCCC2)CC1. The van der Waals surface area contributed by atoms with E-state index >= 15 is 0 Å². The topological polar surface area (TPSA) is 26.3 Å². The normalized spacial score (nSPS) is 25.2. The van der Waals surface area contributed by atoms with Crippen molar-refractivity contribution in [1.82, 2.24) is 0 Å². The van der Waals surface area contributed by atoms with E-state index in [1.807, 2.05) is 6.92 Å². The van der Waals surface area contributed by atoms with Crippen LogP contribution in [0.15, 0.2) is 23.5 Å². The van der Waals surface area contributed by atoms with Crippen LogP contribution in [-0.2, 0) is 9.53 Å². The Morgan fingerprint density at radius 2 is 2.24 bits per heavy atom. The molecule has 0 heterocycles. The number of rotatable bonds is 4. The average Bonchev–Trinajstić information content (AvgIpc) is 2.34. The molecule has 0 fully saturated rings. The summed E-state index contributed by atoms with van der Waals surface area (Å²) in [4.78, 5) is 12.0. The van der Waals surface area contributed by atoms with Gasteiger partial charge in [-0.05, 0) is 45.4 Å². The molecule has 0 aromatic rings. The van der Waals surface area contributed by atoms with Crippen LogP contribution in [0.3, 0.4) is 0 Å². The molecule has 2 aliphatic rings. The summed E-state index contributed by atoms with van der Waals surface area (Å²) in [5.74, 6) is 1.36. The second-order valence-corrected chi connectivity index (χ2v) is 4.99. The van der Waals surface area contributed by atoms with E-state index in [1.165, 1.54) is 31.3 Å². The van der Waals surface area contributed by atoms with Crippen molar-refractivity contribution < 1.29 is 9.53 Å². The Balaban J connectivity index is 1.91. The molecule has 0 aliphatic heterocycles. The second kappa shape index (κ2) is 6.04. The molecule has 0 aromatic carbocycles. The monoisotopic (exact) mass is 234 g/mol. The van der Waals surface area contributed by atoms with Crippen molar-refractivity contribution in [3.05, 3.63) is 23.5 Å². The first-order valence-electron chi connectivity index (χ1n) is 6.84. The lowest BCUT2D eigenvalue weighted by molar-refractivity contribution is -0.119. The van der Waals surface area contributed by atoms with Gasteiger partial charge in [0.25, 0.3) is 0 Å². The molecular weight excluding hydrogens is 212 g/mol. The van der Waals surface area contributed by atoms with Crippen LogP contribution in [0.5, 0.6) is 0 Å². The Morgan fingerprint density at radius 1 is 1.35 bits per heavy atom. The van der Waals surface area contributed by atoms with Crippen molar-refractivity contribution in [2.24, 2.45) is 5.92 Å². The fourth-order valence-corrected chi connectivity index (χ4v) is 2.72. The molecule has 0 amide bonds.